The van der Waals surface area contributed by atoms with E-state index in [1.165, 1.54) is 22.1 Å². The molecule has 4 aliphatic heterocycles. The number of Topliss-reactive ketones (excluding diaryl/α,β-unsaturated/α-hetero) is 2. The number of nitrogens with one attached hydrogen (secondary N) is 1. The van der Waals surface area contributed by atoms with E-state index in [0.29, 0.717) is 31.8 Å². The highest BCUT2D eigenvalue weighted by molar-refractivity contribution is 6.04. The first-order chi connectivity index (χ1) is 25.4. The summed E-state index contributed by atoms with van der Waals surface area (Å²) < 4.78 is 0. The Morgan fingerprint density at radius 1 is 0.887 bits per heavy atom. The summed E-state index contributed by atoms with van der Waals surface area (Å²) in [7, 11) is 0. The van der Waals surface area contributed by atoms with Crippen molar-refractivity contribution < 1.29 is 24.3 Å². The van der Waals surface area contributed by atoms with Gasteiger partial charge in [-0.05, 0) is 92.2 Å². The number of hydrogen-bond donors (Lipinski definition) is 2. The first kappa shape index (κ1) is 37.1. The predicted octanol–water partition coefficient (Wildman–Crippen LogP) is 6.21. The zero-order valence-electron chi connectivity index (χ0n) is 32.0. The molecular formula is C43H55N5O5. The van der Waals surface area contributed by atoms with Crippen LogP contribution in [0.5, 0.6) is 0 Å². The van der Waals surface area contributed by atoms with Crippen molar-refractivity contribution in [2.45, 2.75) is 104 Å². The van der Waals surface area contributed by atoms with Crippen LogP contribution in [-0.2, 0) is 25.6 Å². The lowest BCUT2D eigenvalue weighted by molar-refractivity contribution is -0.140. The summed E-state index contributed by atoms with van der Waals surface area (Å²) in [6, 6.07) is 6.76. The van der Waals surface area contributed by atoms with Gasteiger partial charge in [0.15, 0.2) is 5.78 Å². The van der Waals surface area contributed by atoms with Gasteiger partial charge in [0, 0.05) is 90.9 Å². The average Bonchev–Trinajstić information content (AvgIpc) is 3.96. The van der Waals surface area contributed by atoms with E-state index in [2.05, 4.69) is 29.3 Å². The summed E-state index contributed by atoms with van der Waals surface area (Å²) in [6.45, 7) is 11.2. The number of benzene rings is 1. The third kappa shape index (κ3) is 7.48. The van der Waals surface area contributed by atoms with Gasteiger partial charge in [-0.2, -0.15) is 0 Å². The van der Waals surface area contributed by atoms with Gasteiger partial charge in [-0.15, -0.1) is 0 Å². The third-order valence-electron chi connectivity index (χ3n) is 12.4. The molecule has 10 heteroatoms. The van der Waals surface area contributed by atoms with E-state index in [9.17, 15) is 24.3 Å². The van der Waals surface area contributed by atoms with Gasteiger partial charge in [0.1, 0.15) is 12.4 Å². The number of aromatic nitrogens is 1. The minimum Gasteiger partial charge on any atom is -0.389 e. The topological polar surface area (TPSA) is 135 Å². The van der Waals surface area contributed by atoms with Crippen LogP contribution in [0, 0.1) is 29.6 Å². The van der Waals surface area contributed by atoms with Crippen molar-refractivity contribution >= 4 is 57.4 Å². The summed E-state index contributed by atoms with van der Waals surface area (Å²) in [5, 5.41) is 10.5. The molecule has 5 heterocycles. The van der Waals surface area contributed by atoms with Crippen LogP contribution >= 0.6 is 0 Å². The number of H-pyrrole nitrogens is 1. The maximum absolute atomic E-state index is 13.7. The van der Waals surface area contributed by atoms with Crippen molar-refractivity contribution in [2.24, 2.45) is 39.6 Å². The number of aliphatic hydroxyl groups excluding tert-OH is 1. The largest absolute Gasteiger partial charge is 0.389 e. The molecule has 1 aliphatic carbocycles. The first-order valence-electron chi connectivity index (χ1n) is 19.8. The van der Waals surface area contributed by atoms with Crippen molar-refractivity contribution in [1.82, 2.24) is 14.8 Å². The molecule has 0 saturated carbocycles. The Balaban J connectivity index is 0.985. The molecular weight excluding hydrogens is 667 g/mol. The molecule has 4 unspecified atom stereocenters. The van der Waals surface area contributed by atoms with Gasteiger partial charge in [-0.25, -0.2) is 0 Å². The van der Waals surface area contributed by atoms with Crippen LogP contribution in [-0.4, -0.2) is 93.0 Å². The first-order valence-corrected chi connectivity index (χ1v) is 19.8. The molecule has 5 atom stereocenters. The Morgan fingerprint density at radius 2 is 1.55 bits per heavy atom. The number of carbonyl (C=O) groups excluding carboxylic acids is 4. The van der Waals surface area contributed by atoms with E-state index in [1.54, 1.807) is 6.92 Å². The number of carbonyl (C=O) groups is 4. The molecule has 10 nitrogen and oxygen atoms in total. The van der Waals surface area contributed by atoms with Crippen LogP contribution < -0.4 is 0 Å². The molecule has 2 aromatic rings. The highest BCUT2D eigenvalue weighted by Gasteiger charge is 2.41. The lowest BCUT2D eigenvalue weighted by atomic mass is 9.88. The molecule has 1 aromatic carbocycles. The van der Waals surface area contributed by atoms with Gasteiger partial charge in [-0.1, -0.05) is 39.3 Å². The van der Waals surface area contributed by atoms with Crippen LogP contribution in [0.4, 0.5) is 0 Å². The van der Waals surface area contributed by atoms with Crippen LogP contribution in [0.1, 0.15) is 103 Å². The monoisotopic (exact) mass is 721 g/mol. The molecule has 282 valence electrons. The Bertz CT molecular complexity index is 1930. The van der Waals surface area contributed by atoms with E-state index in [1.807, 2.05) is 43.7 Å². The van der Waals surface area contributed by atoms with Gasteiger partial charge < -0.3 is 24.7 Å². The third-order valence-corrected chi connectivity index (χ3v) is 12.4. The molecule has 0 bridgehead atoms. The standard InChI is InChI=1S/C43H55N5O5/c1-24(2)34(12-26(5)50)42(52)47-10-7-9-41(47)39-19-32(22-45-39)37-17-30-15-27-13-28(14-29(27)16-36(30)46-37)31-18-38(44-21-31)40-8-6-11-48(40)43(53)35(25(3)4)20-33(51)23-49/h14-17,22,24-25,31,34-35,40-41,46,49H,6-13,18-21,23H2,1-5H3/t31?,34-,35?,40?,41?/m0/s1. The van der Waals surface area contributed by atoms with E-state index in [-0.39, 0.29) is 59.6 Å². The summed E-state index contributed by atoms with van der Waals surface area (Å²) >= 11 is 0. The van der Waals surface area contributed by atoms with Crippen LogP contribution in [0.25, 0.3) is 22.6 Å². The van der Waals surface area contributed by atoms with E-state index in [4.69, 9.17) is 9.98 Å². The molecule has 5 aliphatic rings. The Hall–Kier alpha value is -4.18. The normalized spacial score (nSPS) is 23.8. The van der Waals surface area contributed by atoms with Gasteiger partial charge in [0.25, 0.3) is 0 Å². The van der Waals surface area contributed by atoms with Crippen molar-refractivity contribution in [3.05, 3.63) is 46.8 Å². The summed E-state index contributed by atoms with van der Waals surface area (Å²) in [5.74, 6) is -0.382. The van der Waals surface area contributed by atoms with Crippen molar-refractivity contribution in [2.75, 3.05) is 26.2 Å². The lowest BCUT2D eigenvalue weighted by Gasteiger charge is -2.30. The summed E-state index contributed by atoms with van der Waals surface area (Å²) in [6.07, 6.45) is 10.8. The second-order valence-corrected chi connectivity index (χ2v) is 16.8. The van der Waals surface area contributed by atoms with E-state index >= 15 is 0 Å². The molecule has 53 heavy (non-hydrogen) atoms. The fourth-order valence-electron chi connectivity index (χ4n) is 9.37. The molecule has 0 spiro atoms. The number of likely N-dealkylation sites (tertiary alicyclic amines) is 2. The molecule has 1 aromatic heterocycles. The molecule has 2 N–H and O–H groups in total. The summed E-state index contributed by atoms with van der Waals surface area (Å²) in [5.41, 5.74) is 9.38. The van der Waals surface area contributed by atoms with Gasteiger partial charge in [0.05, 0.1) is 12.1 Å². The second-order valence-electron chi connectivity index (χ2n) is 16.8. The smallest absolute Gasteiger partial charge is 0.226 e. The predicted molar refractivity (Wildman–Crippen MR) is 209 cm³/mol. The maximum atomic E-state index is 13.7. The highest BCUT2D eigenvalue weighted by Crippen LogP contribution is 2.39. The number of aromatic amines is 1. The fourth-order valence-corrected chi connectivity index (χ4v) is 9.37. The number of amides is 2. The van der Waals surface area contributed by atoms with E-state index in [0.717, 1.165) is 73.3 Å². The minimum atomic E-state index is -0.524. The molecule has 0 radical (unpaired) electrons. The van der Waals surface area contributed by atoms with Crippen molar-refractivity contribution in [1.29, 1.82) is 0 Å². The number of rotatable bonds is 13. The number of nitrogens with zero attached hydrogens (tertiary/aromatic N) is 4. The zero-order chi connectivity index (χ0) is 37.6. The van der Waals surface area contributed by atoms with Gasteiger partial charge in [-0.3, -0.25) is 24.4 Å². The molecule has 7 rings (SSSR count). The van der Waals surface area contributed by atoms with Crippen LogP contribution in [0.2, 0.25) is 0 Å². The number of fused-ring (bicyclic) bond motifs is 2. The molecule has 2 saturated heterocycles. The summed E-state index contributed by atoms with van der Waals surface area (Å²) in [4.78, 5) is 68.8. The number of ketones is 2. The maximum Gasteiger partial charge on any atom is 0.226 e. The number of hydrogen-bond acceptors (Lipinski definition) is 7. The van der Waals surface area contributed by atoms with Crippen LogP contribution in [0.15, 0.2) is 40.0 Å². The quantitative estimate of drug-likeness (QED) is 0.254. The number of allylic oxidation sites excluding steroid dienone is 1. The van der Waals surface area contributed by atoms with E-state index < -0.39 is 12.5 Å². The molecule has 2 fully saturated rings. The van der Waals surface area contributed by atoms with Crippen molar-refractivity contribution in [3.8, 4) is 0 Å². The lowest BCUT2D eigenvalue weighted by Crippen LogP contribution is -2.45. The molecule has 2 amide bonds. The number of aliphatic imine (C=N–C) groups is 2. The minimum absolute atomic E-state index is 0.00535. The Labute approximate surface area is 312 Å². The SMILES string of the molecule is CC(=O)C[C@H](C(=O)N1CCCC1C1=NC=C(c2cc3cc4c(cc3[nH]2)C=C(C2CN=C(C3CCCN3C(=O)C(CC(=O)CO)C(C)C)C2)C4)C1)C(C)C. The highest BCUT2D eigenvalue weighted by atomic mass is 16.3. The number of aliphatic hydroxyl groups is 1. The average molecular weight is 722 g/mol. The van der Waals surface area contributed by atoms with Crippen LogP contribution in [0.3, 0.4) is 0 Å². The van der Waals surface area contributed by atoms with Gasteiger partial charge >= 0.3 is 0 Å². The van der Waals surface area contributed by atoms with Gasteiger partial charge in [0.2, 0.25) is 11.8 Å². The second kappa shape index (κ2) is 15.3. The fraction of sp³-hybridized carbons (Fsp3) is 0.581. The van der Waals surface area contributed by atoms with Crippen molar-refractivity contribution in [3.63, 3.8) is 0 Å². The zero-order valence-corrected chi connectivity index (χ0v) is 32.0. The Kier molecular flexibility index (Phi) is 10.7. The Morgan fingerprint density at radius 3 is 2.19 bits per heavy atom.